The van der Waals surface area contributed by atoms with Gasteiger partial charge in [0.2, 0.25) is 0 Å². The van der Waals surface area contributed by atoms with Crippen LogP contribution in [0.25, 0.3) is 0 Å². The summed E-state index contributed by atoms with van der Waals surface area (Å²) in [7, 11) is 1.44. The van der Waals surface area contributed by atoms with Gasteiger partial charge in [0.1, 0.15) is 19.8 Å². The van der Waals surface area contributed by atoms with E-state index in [4.69, 9.17) is 18.5 Å². The van der Waals surface area contributed by atoms with Crippen molar-refractivity contribution in [2.24, 2.45) is 0 Å². The van der Waals surface area contributed by atoms with Crippen molar-refractivity contribution in [3.05, 3.63) is 60.8 Å². The number of unbranched alkanes of at least 4 members (excludes halogenated alkanes) is 19. The van der Waals surface area contributed by atoms with Gasteiger partial charge in [-0.15, -0.1) is 0 Å². The Morgan fingerprint density at radius 1 is 0.517 bits per heavy atom. The molecule has 0 heterocycles. The Hall–Kier alpha value is -2.29. The largest absolute Gasteiger partial charge is 0.472 e. The van der Waals surface area contributed by atoms with E-state index in [1.165, 1.54) is 116 Å². The minimum absolute atomic E-state index is 0.0198. The van der Waals surface area contributed by atoms with Crippen LogP contribution in [0.4, 0.5) is 0 Å². The number of carbonyl (C=O) groups excluding carboxylic acids is 2. The average molecular weight is 865 g/mol. The standard InChI is InChI=1S/C50H90NO8P/c1-6-8-10-12-14-16-18-20-22-24-25-27-28-30-32-34-36-38-40-42-49(52)56-46-48(47-58-60(54,55)57-45-44-51(3,4)5)59-50(53)43-41-39-37-35-33-31-29-26-23-21-19-17-15-13-11-9-7-2/h14,16,20,22,25,27,30,32,36,38,48H,6-13,15,17-19,21,23-24,26,28-29,31,33-35,37,39-47H2,1-5H3/p+1/b16-14-,22-20-,27-25-,32-30-,38-36-/t48-/m1/s1. The van der Waals surface area contributed by atoms with E-state index in [1.807, 2.05) is 33.3 Å². The first-order valence-electron chi connectivity index (χ1n) is 24.0. The van der Waals surface area contributed by atoms with E-state index in [0.29, 0.717) is 23.9 Å². The summed E-state index contributed by atoms with van der Waals surface area (Å²) in [5.74, 6) is -0.892. The number of carbonyl (C=O) groups is 2. The summed E-state index contributed by atoms with van der Waals surface area (Å²) >= 11 is 0. The first kappa shape index (κ1) is 57.7. The molecule has 0 aromatic carbocycles. The lowest BCUT2D eigenvalue weighted by molar-refractivity contribution is -0.870. The second-order valence-electron chi connectivity index (χ2n) is 17.1. The van der Waals surface area contributed by atoms with Gasteiger partial charge in [-0.05, 0) is 51.4 Å². The molecule has 0 saturated heterocycles. The van der Waals surface area contributed by atoms with Crippen molar-refractivity contribution in [1.29, 1.82) is 0 Å². The Morgan fingerprint density at radius 3 is 1.40 bits per heavy atom. The van der Waals surface area contributed by atoms with Crippen LogP contribution in [0.5, 0.6) is 0 Å². The van der Waals surface area contributed by atoms with Crippen LogP contribution in [0, 0.1) is 0 Å². The maximum Gasteiger partial charge on any atom is 0.472 e. The van der Waals surface area contributed by atoms with Gasteiger partial charge in [-0.25, -0.2) is 4.57 Å². The van der Waals surface area contributed by atoms with Crippen molar-refractivity contribution >= 4 is 19.8 Å². The van der Waals surface area contributed by atoms with Gasteiger partial charge >= 0.3 is 19.8 Å². The molecule has 0 saturated carbocycles. The highest BCUT2D eigenvalue weighted by Gasteiger charge is 2.27. The average Bonchev–Trinajstić information content (AvgIpc) is 3.20. The molecule has 9 nitrogen and oxygen atoms in total. The molecule has 0 radical (unpaired) electrons. The van der Waals surface area contributed by atoms with Crippen molar-refractivity contribution in [1.82, 2.24) is 0 Å². The zero-order valence-corrected chi connectivity index (χ0v) is 40.1. The maximum atomic E-state index is 12.7. The number of allylic oxidation sites excluding steroid dienone is 10. The van der Waals surface area contributed by atoms with E-state index in [9.17, 15) is 19.0 Å². The van der Waals surface area contributed by atoms with Crippen molar-refractivity contribution < 1.29 is 42.1 Å². The molecule has 0 aromatic heterocycles. The molecule has 0 aliphatic heterocycles. The quantitative estimate of drug-likeness (QED) is 0.0212. The van der Waals surface area contributed by atoms with Crippen LogP contribution in [0.3, 0.4) is 0 Å². The number of hydrogen-bond donors (Lipinski definition) is 1. The monoisotopic (exact) mass is 865 g/mol. The van der Waals surface area contributed by atoms with E-state index >= 15 is 0 Å². The Balaban J connectivity index is 4.42. The smallest absolute Gasteiger partial charge is 0.462 e. The topological polar surface area (TPSA) is 108 Å². The molecule has 0 aliphatic rings. The lowest BCUT2D eigenvalue weighted by Crippen LogP contribution is -2.37. The van der Waals surface area contributed by atoms with Crippen LogP contribution in [-0.4, -0.2) is 74.9 Å². The minimum atomic E-state index is -4.39. The van der Waals surface area contributed by atoms with Crippen molar-refractivity contribution in [2.75, 3.05) is 47.5 Å². The number of rotatable bonds is 43. The number of likely N-dealkylation sites (N-methyl/N-ethyl adjacent to an activating group) is 1. The molecule has 0 fully saturated rings. The Kier molecular flexibility index (Phi) is 40.4. The van der Waals surface area contributed by atoms with E-state index < -0.39 is 32.5 Å². The number of phosphoric acid groups is 1. The minimum Gasteiger partial charge on any atom is -0.462 e. The highest BCUT2D eigenvalue weighted by molar-refractivity contribution is 7.47. The van der Waals surface area contributed by atoms with Crippen molar-refractivity contribution in [2.45, 2.75) is 200 Å². The highest BCUT2D eigenvalue weighted by Crippen LogP contribution is 2.43. The Bertz CT molecular complexity index is 1210. The molecule has 1 unspecified atom stereocenters. The number of esters is 2. The van der Waals surface area contributed by atoms with Gasteiger partial charge in [0.15, 0.2) is 6.10 Å². The molecule has 1 N–H and O–H groups in total. The van der Waals surface area contributed by atoms with Gasteiger partial charge in [0.25, 0.3) is 0 Å². The maximum absolute atomic E-state index is 12.7. The molecular weight excluding hydrogens is 774 g/mol. The molecule has 0 aliphatic carbocycles. The Morgan fingerprint density at radius 2 is 0.933 bits per heavy atom. The summed E-state index contributed by atoms with van der Waals surface area (Å²) in [6.45, 7) is 4.32. The molecule has 0 spiro atoms. The summed E-state index contributed by atoms with van der Waals surface area (Å²) in [5.41, 5.74) is 0. The first-order valence-corrected chi connectivity index (χ1v) is 25.5. The van der Waals surface area contributed by atoms with Gasteiger partial charge in [-0.2, -0.15) is 0 Å². The lowest BCUT2D eigenvalue weighted by Gasteiger charge is -2.24. The number of hydrogen-bond acceptors (Lipinski definition) is 7. The van der Waals surface area contributed by atoms with Gasteiger partial charge in [0, 0.05) is 12.8 Å². The molecule has 60 heavy (non-hydrogen) atoms. The second kappa shape index (κ2) is 42.0. The van der Waals surface area contributed by atoms with E-state index in [2.05, 4.69) is 62.5 Å². The van der Waals surface area contributed by atoms with Gasteiger partial charge in [0.05, 0.1) is 27.7 Å². The lowest BCUT2D eigenvalue weighted by atomic mass is 10.0. The van der Waals surface area contributed by atoms with Crippen molar-refractivity contribution in [3.63, 3.8) is 0 Å². The third-order valence-corrected chi connectivity index (χ3v) is 11.0. The van der Waals surface area contributed by atoms with Crippen molar-refractivity contribution in [3.8, 4) is 0 Å². The molecule has 0 amide bonds. The summed E-state index contributed by atoms with van der Waals surface area (Å²) in [5, 5.41) is 0. The van der Waals surface area contributed by atoms with Crippen LogP contribution < -0.4 is 0 Å². The summed E-state index contributed by atoms with van der Waals surface area (Å²) in [6.07, 6.45) is 51.4. The van der Waals surface area contributed by atoms with Gasteiger partial charge in [-0.3, -0.25) is 18.6 Å². The molecule has 348 valence electrons. The molecule has 0 aromatic rings. The van der Waals surface area contributed by atoms with Gasteiger partial charge < -0.3 is 18.9 Å². The van der Waals surface area contributed by atoms with Crippen LogP contribution in [0.15, 0.2) is 60.8 Å². The molecule has 10 heteroatoms. The zero-order valence-electron chi connectivity index (χ0n) is 39.2. The molecule has 0 bridgehead atoms. The fraction of sp³-hybridized carbons (Fsp3) is 0.760. The number of nitrogens with zero attached hydrogens (tertiary/aromatic N) is 1. The fourth-order valence-corrected chi connectivity index (χ4v) is 7.03. The van der Waals surface area contributed by atoms with Crippen LogP contribution in [0.2, 0.25) is 0 Å². The molecule has 0 rings (SSSR count). The third kappa shape index (κ3) is 45.2. The van der Waals surface area contributed by atoms with Gasteiger partial charge in [-0.1, -0.05) is 190 Å². The van der Waals surface area contributed by atoms with E-state index in [-0.39, 0.29) is 26.1 Å². The highest BCUT2D eigenvalue weighted by atomic mass is 31.2. The Labute approximate surface area is 368 Å². The summed E-state index contributed by atoms with van der Waals surface area (Å²) < 4.78 is 34.3. The normalized spacial score (nSPS) is 14.0. The molecule has 2 atom stereocenters. The predicted octanol–water partition coefficient (Wildman–Crippen LogP) is 14.0. The number of quaternary nitrogens is 1. The fourth-order valence-electron chi connectivity index (χ4n) is 6.29. The second-order valence-corrected chi connectivity index (χ2v) is 18.6. The zero-order chi connectivity index (χ0) is 44.3. The van der Waals surface area contributed by atoms with E-state index in [0.717, 1.165) is 38.5 Å². The first-order chi connectivity index (χ1) is 29.0. The number of ether oxygens (including phenoxy) is 2. The number of phosphoric ester groups is 1. The van der Waals surface area contributed by atoms with E-state index in [1.54, 1.807) is 0 Å². The SMILES string of the molecule is CCCCC/C=C\C/C=C\C/C=C\C/C=C\C/C=C\CCC(=O)OC[C@H](COP(=O)(O)OCC[N+](C)(C)C)OC(=O)CCCCCCCCCCCCCCCCCCC. The van der Waals surface area contributed by atoms with Crippen LogP contribution in [0.1, 0.15) is 194 Å². The van der Waals surface area contributed by atoms with Crippen LogP contribution in [-0.2, 0) is 32.7 Å². The van der Waals surface area contributed by atoms with Crippen LogP contribution >= 0.6 is 7.82 Å². The molecular formula is C50H91NO8P+. The summed E-state index contributed by atoms with van der Waals surface area (Å²) in [6, 6.07) is 0. The predicted molar refractivity (Wildman–Crippen MR) is 252 cm³/mol. The third-order valence-electron chi connectivity index (χ3n) is 10.1. The summed E-state index contributed by atoms with van der Waals surface area (Å²) in [4.78, 5) is 35.4.